The molecule has 1 rings (SSSR count). The highest BCUT2D eigenvalue weighted by molar-refractivity contribution is 6.03. The average Bonchev–Trinajstić information content (AvgIpc) is 2.37. The number of alkyl halides is 3. The van der Waals surface area contributed by atoms with Crippen molar-refractivity contribution >= 4 is 23.1 Å². The van der Waals surface area contributed by atoms with Gasteiger partial charge in [0.15, 0.2) is 0 Å². The zero-order chi connectivity index (χ0) is 16.2. The van der Waals surface area contributed by atoms with E-state index < -0.39 is 23.6 Å². The summed E-state index contributed by atoms with van der Waals surface area (Å²) in [6.45, 7) is 4.92. The molecule has 0 aliphatic heterocycles. The van der Waals surface area contributed by atoms with Crippen LogP contribution in [0.15, 0.2) is 42.5 Å². The van der Waals surface area contributed by atoms with Crippen LogP contribution in [0, 0.1) is 0 Å². The highest BCUT2D eigenvalue weighted by Gasteiger charge is 2.37. The number of rotatable bonds is 4. The second-order valence-corrected chi connectivity index (χ2v) is 4.21. The minimum atomic E-state index is -5.06. The fraction of sp³-hybridized carbons (Fsp3) is 0.143. The van der Waals surface area contributed by atoms with Crippen molar-refractivity contribution in [2.45, 2.75) is 13.1 Å². The number of benzene rings is 1. The first-order chi connectivity index (χ1) is 9.61. The fourth-order valence-electron chi connectivity index (χ4n) is 1.28. The first-order valence-electron chi connectivity index (χ1n) is 5.70. The second-order valence-electron chi connectivity index (χ2n) is 4.21. The molecular formula is C14H12F3NO3. The molecule has 0 saturated carbocycles. The largest absolute Gasteiger partial charge is 0.507 e. The van der Waals surface area contributed by atoms with Crippen LogP contribution in [-0.4, -0.2) is 23.0 Å². The van der Waals surface area contributed by atoms with Gasteiger partial charge >= 0.3 is 6.18 Å². The van der Waals surface area contributed by atoms with Crippen LogP contribution in [0.1, 0.15) is 12.5 Å². The maximum absolute atomic E-state index is 12.1. The standard InChI is InChI=1S/C14H12F3NO3/c1-8(2)13(21)18-10-5-3-4-9(6-10)11(19)7-12(20)14(15,16)17/h3-7,19H,1H2,2H3,(H,18,21). The molecule has 0 saturated heterocycles. The monoisotopic (exact) mass is 299 g/mol. The number of allylic oxidation sites excluding steroid dienone is 1. The Balaban J connectivity index is 3.00. The van der Waals surface area contributed by atoms with Crippen molar-refractivity contribution in [3.8, 4) is 0 Å². The summed E-state index contributed by atoms with van der Waals surface area (Å²) in [6.07, 6.45) is -4.97. The van der Waals surface area contributed by atoms with Crippen LogP contribution in [0.3, 0.4) is 0 Å². The van der Waals surface area contributed by atoms with Crippen molar-refractivity contribution in [2.24, 2.45) is 0 Å². The molecule has 0 heterocycles. The van der Waals surface area contributed by atoms with Gasteiger partial charge in [-0.3, -0.25) is 9.59 Å². The lowest BCUT2D eigenvalue weighted by molar-refractivity contribution is -0.165. The first-order valence-corrected chi connectivity index (χ1v) is 5.70. The molecule has 2 N–H and O–H groups in total. The molecule has 1 aromatic rings. The summed E-state index contributed by atoms with van der Waals surface area (Å²) in [5, 5.41) is 12.0. The van der Waals surface area contributed by atoms with Gasteiger partial charge in [-0.2, -0.15) is 13.2 Å². The van der Waals surface area contributed by atoms with Crippen molar-refractivity contribution in [3.05, 3.63) is 48.1 Å². The Bertz CT molecular complexity index is 618. The minimum absolute atomic E-state index is 0.0351. The third-order valence-corrected chi connectivity index (χ3v) is 2.35. The number of carbonyl (C=O) groups excluding carboxylic acids is 2. The fourth-order valence-corrected chi connectivity index (χ4v) is 1.28. The predicted octanol–water partition coefficient (Wildman–Crippen LogP) is 3.23. The zero-order valence-electron chi connectivity index (χ0n) is 11.0. The van der Waals surface area contributed by atoms with E-state index in [1.54, 1.807) is 0 Å². The van der Waals surface area contributed by atoms with E-state index in [-0.39, 0.29) is 22.9 Å². The van der Waals surface area contributed by atoms with Crippen LogP contribution in [0.4, 0.5) is 18.9 Å². The maximum atomic E-state index is 12.1. The molecule has 1 amide bonds. The van der Waals surface area contributed by atoms with Gasteiger partial charge in [-0.05, 0) is 19.1 Å². The van der Waals surface area contributed by atoms with Crippen LogP contribution in [0.25, 0.3) is 5.76 Å². The third-order valence-electron chi connectivity index (χ3n) is 2.35. The lowest BCUT2D eigenvalue weighted by Crippen LogP contribution is -2.20. The van der Waals surface area contributed by atoms with Crippen molar-refractivity contribution < 1.29 is 27.9 Å². The minimum Gasteiger partial charge on any atom is -0.507 e. The van der Waals surface area contributed by atoms with Crippen LogP contribution >= 0.6 is 0 Å². The molecule has 0 aliphatic carbocycles. The molecule has 0 aliphatic rings. The lowest BCUT2D eigenvalue weighted by Gasteiger charge is -2.07. The quantitative estimate of drug-likeness (QED) is 0.662. The van der Waals surface area contributed by atoms with Gasteiger partial charge in [-0.15, -0.1) is 0 Å². The van der Waals surface area contributed by atoms with Crippen LogP contribution in [-0.2, 0) is 9.59 Å². The van der Waals surface area contributed by atoms with E-state index in [9.17, 15) is 27.9 Å². The number of aliphatic hydroxyl groups excluding tert-OH is 1. The number of amides is 1. The Hall–Kier alpha value is -2.57. The summed E-state index contributed by atoms with van der Waals surface area (Å²) < 4.78 is 36.3. The van der Waals surface area contributed by atoms with E-state index in [0.29, 0.717) is 0 Å². The molecule has 7 heteroatoms. The SMILES string of the molecule is C=C(C)C(=O)Nc1cccc(C(O)=CC(=O)C(F)(F)F)c1. The molecule has 1 aromatic carbocycles. The van der Waals surface area contributed by atoms with Gasteiger partial charge in [0.25, 0.3) is 11.7 Å². The number of nitrogens with one attached hydrogen (secondary N) is 1. The van der Waals surface area contributed by atoms with Gasteiger partial charge in [0.05, 0.1) is 0 Å². The topological polar surface area (TPSA) is 66.4 Å². The van der Waals surface area contributed by atoms with E-state index in [1.165, 1.54) is 31.2 Å². The second kappa shape index (κ2) is 6.25. The van der Waals surface area contributed by atoms with Gasteiger partial charge < -0.3 is 10.4 Å². The molecule has 4 nitrogen and oxygen atoms in total. The van der Waals surface area contributed by atoms with E-state index in [1.807, 2.05) is 0 Å². The Kier molecular flexibility index (Phi) is 4.91. The maximum Gasteiger partial charge on any atom is 0.454 e. The van der Waals surface area contributed by atoms with Crippen LogP contribution in [0.5, 0.6) is 0 Å². The number of halogens is 3. The average molecular weight is 299 g/mol. The smallest absolute Gasteiger partial charge is 0.454 e. The summed E-state index contributed by atoms with van der Waals surface area (Å²) >= 11 is 0. The van der Waals surface area contributed by atoms with Crippen molar-refractivity contribution in [2.75, 3.05) is 5.32 Å². The van der Waals surface area contributed by atoms with Crippen molar-refractivity contribution in [1.29, 1.82) is 0 Å². The Labute approximate surface area is 118 Å². The first kappa shape index (κ1) is 16.5. The van der Waals surface area contributed by atoms with E-state index in [4.69, 9.17) is 0 Å². The van der Waals surface area contributed by atoms with Gasteiger partial charge in [-0.1, -0.05) is 18.7 Å². The highest BCUT2D eigenvalue weighted by Crippen LogP contribution is 2.21. The molecule has 0 fully saturated rings. The summed E-state index contributed by atoms with van der Waals surface area (Å²) in [4.78, 5) is 22.2. The Morgan fingerprint density at radius 2 is 1.95 bits per heavy atom. The number of hydrogen-bond donors (Lipinski definition) is 2. The summed E-state index contributed by atoms with van der Waals surface area (Å²) in [5.41, 5.74) is 0.458. The van der Waals surface area contributed by atoms with E-state index in [0.717, 1.165) is 0 Å². The van der Waals surface area contributed by atoms with E-state index in [2.05, 4.69) is 11.9 Å². The zero-order valence-corrected chi connectivity index (χ0v) is 11.0. The normalized spacial score (nSPS) is 11.9. The highest BCUT2D eigenvalue weighted by atomic mass is 19.4. The summed E-state index contributed by atoms with van der Waals surface area (Å²) in [6, 6.07) is 5.41. The van der Waals surface area contributed by atoms with Crippen LogP contribution < -0.4 is 5.32 Å². The molecule has 0 radical (unpaired) electrons. The Morgan fingerprint density at radius 1 is 1.33 bits per heavy atom. The van der Waals surface area contributed by atoms with Gasteiger partial charge in [0, 0.05) is 22.9 Å². The molecule has 0 aromatic heterocycles. The van der Waals surface area contributed by atoms with Gasteiger partial charge in [-0.25, -0.2) is 0 Å². The summed E-state index contributed by atoms with van der Waals surface area (Å²) in [5.74, 6) is -3.48. The molecular weight excluding hydrogens is 287 g/mol. The number of hydrogen-bond acceptors (Lipinski definition) is 3. The third kappa shape index (κ3) is 4.79. The van der Waals surface area contributed by atoms with Gasteiger partial charge in [0.2, 0.25) is 0 Å². The molecule has 0 bridgehead atoms. The van der Waals surface area contributed by atoms with Crippen LogP contribution in [0.2, 0.25) is 0 Å². The van der Waals surface area contributed by atoms with Crippen molar-refractivity contribution in [1.82, 2.24) is 0 Å². The van der Waals surface area contributed by atoms with E-state index >= 15 is 0 Å². The predicted molar refractivity (Wildman–Crippen MR) is 71.6 cm³/mol. The number of anilines is 1. The summed E-state index contributed by atoms with van der Waals surface area (Å²) in [7, 11) is 0. The number of ketones is 1. The van der Waals surface area contributed by atoms with Gasteiger partial charge in [0.1, 0.15) is 5.76 Å². The number of carbonyl (C=O) groups is 2. The molecule has 0 spiro atoms. The molecule has 112 valence electrons. The number of aliphatic hydroxyl groups is 1. The lowest BCUT2D eigenvalue weighted by atomic mass is 10.1. The van der Waals surface area contributed by atoms with Crippen molar-refractivity contribution in [3.63, 3.8) is 0 Å². The molecule has 0 atom stereocenters. The Morgan fingerprint density at radius 3 is 2.48 bits per heavy atom. The molecule has 21 heavy (non-hydrogen) atoms. The molecule has 0 unspecified atom stereocenters.